The fraction of sp³-hybridized carbons (Fsp3) is 0.333. The van der Waals surface area contributed by atoms with Gasteiger partial charge in [-0.25, -0.2) is 4.79 Å². The zero-order valence-electron chi connectivity index (χ0n) is 10.5. The average Bonchev–Trinajstić information content (AvgIpc) is 2.37. The van der Waals surface area contributed by atoms with Crippen molar-refractivity contribution in [1.82, 2.24) is 15.2 Å². The Kier molecular flexibility index (Phi) is 5.46. The Bertz CT molecular complexity index is 461. The van der Waals surface area contributed by atoms with E-state index in [1.165, 1.54) is 4.90 Å². The van der Waals surface area contributed by atoms with E-state index >= 15 is 0 Å². The number of nitrogens with one attached hydrogen (secondary N) is 1. The van der Waals surface area contributed by atoms with Crippen molar-refractivity contribution in [3.05, 3.63) is 30.1 Å². The molecule has 102 valence electrons. The summed E-state index contributed by atoms with van der Waals surface area (Å²) < 4.78 is 0. The second-order valence-corrected chi connectivity index (χ2v) is 3.96. The number of hydrogen-bond acceptors (Lipinski definition) is 4. The zero-order chi connectivity index (χ0) is 14.3. The number of hydrogen-bond donors (Lipinski definition) is 2. The minimum absolute atomic E-state index is 0.218. The van der Waals surface area contributed by atoms with Crippen molar-refractivity contribution in [1.29, 1.82) is 0 Å². The molecule has 7 heteroatoms. The fourth-order valence-electron chi connectivity index (χ4n) is 1.33. The van der Waals surface area contributed by atoms with Crippen LogP contribution >= 0.6 is 0 Å². The maximum atomic E-state index is 11.6. The van der Waals surface area contributed by atoms with Crippen molar-refractivity contribution in [2.75, 3.05) is 7.05 Å². The molecular formula is C12H15N3O4. The van der Waals surface area contributed by atoms with Crippen LogP contribution in [0.15, 0.2) is 24.5 Å². The highest BCUT2D eigenvalue weighted by Gasteiger charge is 2.13. The van der Waals surface area contributed by atoms with Gasteiger partial charge in [-0.1, -0.05) is 0 Å². The minimum atomic E-state index is -1.08. The van der Waals surface area contributed by atoms with Gasteiger partial charge in [0, 0.05) is 32.4 Å². The van der Waals surface area contributed by atoms with E-state index in [1.54, 1.807) is 31.6 Å². The molecule has 0 bridgehead atoms. The largest absolute Gasteiger partial charge is 0.481 e. The maximum Gasteiger partial charge on any atom is 0.324 e. The van der Waals surface area contributed by atoms with Crippen molar-refractivity contribution in [2.24, 2.45) is 0 Å². The van der Waals surface area contributed by atoms with Crippen LogP contribution in [-0.2, 0) is 16.1 Å². The molecule has 1 rings (SSSR count). The maximum absolute atomic E-state index is 11.6. The van der Waals surface area contributed by atoms with Gasteiger partial charge in [0.2, 0.25) is 5.91 Å². The second kappa shape index (κ2) is 7.10. The number of imide groups is 1. The van der Waals surface area contributed by atoms with Gasteiger partial charge in [0.25, 0.3) is 0 Å². The molecule has 0 fully saturated rings. The third-order valence-electron chi connectivity index (χ3n) is 2.33. The lowest BCUT2D eigenvalue weighted by atomic mass is 10.2. The number of carboxylic acids is 1. The molecule has 1 heterocycles. The van der Waals surface area contributed by atoms with E-state index in [0.717, 1.165) is 5.56 Å². The van der Waals surface area contributed by atoms with Crippen LogP contribution in [0, 0.1) is 0 Å². The highest BCUT2D eigenvalue weighted by atomic mass is 16.4. The van der Waals surface area contributed by atoms with E-state index in [9.17, 15) is 14.4 Å². The van der Waals surface area contributed by atoms with E-state index in [0.29, 0.717) is 6.54 Å². The molecule has 0 spiro atoms. The summed E-state index contributed by atoms with van der Waals surface area (Å²) in [6, 6.07) is 2.96. The molecule has 0 aliphatic carbocycles. The van der Waals surface area contributed by atoms with Crippen LogP contribution in [0.25, 0.3) is 0 Å². The molecule has 3 amide bonds. The Morgan fingerprint density at radius 3 is 2.47 bits per heavy atom. The molecule has 0 aliphatic rings. The summed E-state index contributed by atoms with van der Waals surface area (Å²) in [5, 5.41) is 10.5. The number of carbonyl (C=O) groups excluding carboxylic acids is 2. The molecule has 0 aliphatic heterocycles. The third-order valence-corrected chi connectivity index (χ3v) is 2.33. The van der Waals surface area contributed by atoms with Gasteiger partial charge in [-0.15, -0.1) is 0 Å². The summed E-state index contributed by atoms with van der Waals surface area (Å²) >= 11 is 0. The Balaban J connectivity index is 2.40. The standard InChI is InChI=1S/C12H15N3O4/c1-15(8-9-4-6-13-7-5-9)12(19)14-10(16)2-3-11(17)18/h4-7H,2-3,8H2,1H3,(H,17,18)(H,14,16,19). The van der Waals surface area contributed by atoms with Gasteiger partial charge in [0.15, 0.2) is 0 Å². The molecule has 0 unspecified atom stereocenters. The number of rotatable bonds is 5. The predicted molar refractivity (Wildman–Crippen MR) is 66.1 cm³/mol. The van der Waals surface area contributed by atoms with Crippen LogP contribution in [0.3, 0.4) is 0 Å². The highest BCUT2D eigenvalue weighted by Crippen LogP contribution is 2.01. The van der Waals surface area contributed by atoms with Crippen LogP contribution in [0.5, 0.6) is 0 Å². The van der Waals surface area contributed by atoms with Crippen LogP contribution in [0.2, 0.25) is 0 Å². The van der Waals surface area contributed by atoms with Crippen molar-refractivity contribution in [2.45, 2.75) is 19.4 Å². The van der Waals surface area contributed by atoms with Gasteiger partial charge in [-0.3, -0.25) is 19.9 Å². The quantitative estimate of drug-likeness (QED) is 0.812. The SMILES string of the molecule is CN(Cc1ccncc1)C(=O)NC(=O)CCC(=O)O. The molecule has 0 aromatic carbocycles. The number of pyridine rings is 1. The summed E-state index contributed by atoms with van der Waals surface area (Å²) in [5.74, 6) is -1.68. The predicted octanol–water partition coefficient (Wildman–Crippen LogP) is 0.614. The molecule has 2 N–H and O–H groups in total. The normalized spacial score (nSPS) is 9.74. The van der Waals surface area contributed by atoms with Crippen molar-refractivity contribution >= 4 is 17.9 Å². The minimum Gasteiger partial charge on any atom is -0.481 e. The smallest absolute Gasteiger partial charge is 0.324 e. The number of aromatic nitrogens is 1. The number of aliphatic carboxylic acids is 1. The summed E-state index contributed by atoms with van der Waals surface area (Å²) in [5.41, 5.74) is 0.880. The molecule has 7 nitrogen and oxygen atoms in total. The van der Waals surface area contributed by atoms with Crippen molar-refractivity contribution in [3.8, 4) is 0 Å². The van der Waals surface area contributed by atoms with Gasteiger partial charge < -0.3 is 10.0 Å². The van der Waals surface area contributed by atoms with E-state index in [-0.39, 0.29) is 12.8 Å². The van der Waals surface area contributed by atoms with Crippen LogP contribution in [0.1, 0.15) is 18.4 Å². The highest BCUT2D eigenvalue weighted by molar-refractivity contribution is 5.95. The molecule has 0 saturated carbocycles. The van der Waals surface area contributed by atoms with Crippen molar-refractivity contribution < 1.29 is 19.5 Å². The molecule has 0 saturated heterocycles. The summed E-state index contributed by atoms with van der Waals surface area (Å²) in [4.78, 5) is 38.4. The Hall–Kier alpha value is -2.44. The number of carbonyl (C=O) groups is 3. The van der Waals surface area contributed by atoms with Crippen LogP contribution < -0.4 is 5.32 Å². The topological polar surface area (TPSA) is 99.6 Å². The number of carboxylic acid groups (broad SMARTS) is 1. The average molecular weight is 265 g/mol. The molecule has 1 aromatic heterocycles. The van der Waals surface area contributed by atoms with E-state index in [1.807, 2.05) is 0 Å². The van der Waals surface area contributed by atoms with E-state index in [2.05, 4.69) is 10.3 Å². The van der Waals surface area contributed by atoms with Crippen LogP contribution in [-0.4, -0.2) is 39.9 Å². The Morgan fingerprint density at radius 2 is 1.89 bits per heavy atom. The van der Waals surface area contributed by atoms with Gasteiger partial charge >= 0.3 is 12.0 Å². The Labute approximate surface area is 110 Å². The van der Waals surface area contributed by atoms with Gasteiger partial charge in [-0.05, 0) is 17.7 Å². The lowest BCUT2D eigenvalue weighted by molar-refractivity contribution is -0.138. The lowest BCUT2D eigenvalue weighted by Crippen LogP contribution is -2.40. The van der Waals surface area contributed by atoms with E-state index in [4.69, 9.17) is 5.11 Å². The zero-order valence-corrected chi connectivity index (χ0v) is 10.5. The molecule has 19 heavy (non-hydrogen) atoms. The first kappa shape index (κ1) is 14.6. The van der Waals surface area contributed by atoms with Gasteiger partial charge in [0.05, 0.1) is 6.42 Å². The molecule has 1 aromatic rings. The molecule has 0 atom stereocenters. The number of amides is 3. The number of urea groups is 1. The van der Waals surface area contributed by atoms with Crippen molar-refractivity contribution in [3.63, 3.8) is 0 Å². The van der Waals surface area contributed by atoms with Gasteiger partial charge in [0.1, 0.15) is 0 Å². The second-order valence-electron chi connectivity index (χ2n) is 3.96. The lowest BCUT2D eigenvalue weighted by Gasteiger charge is -2.17. The summed E-state index contributed by atoms with van der Waals surface area (Å²) in [6.45, 7) is 0.334. The van der Waals surface area contributed by atoms with Gasteiger partial charge in [-0.2, -0.15) is 0 Å². The third kappa shape index (κ3) is 5.62. The summed E-state index contributed by atoms with van der Waals surface area (Å²) in [6.07, 6.45) is 2.70. The monoisotopic (exact) mass is 265 g/mol. The number of nitrogens with zero attached hydrogens (tertiary/aromatic N) is 2. The summed E-state index contributed by atoms with van der Waals surface area (Å²) in [7, 11) is 1.54. The fourth-order valence-corrected chi connectivity index (χ4v) is 1.33. The molecule has 0 radical (unpaired) electrons. The van der Waals surface area contributed by atoms with E-state index < -0.39 is 17.9 Å². The van der Waals surface area contributed by atoms with Crippen LogP contribution in [0.4, 0.5) is 4.79 Å². The Morgan fingerprint density at radius 1 is 1.26 bits per heavy atom. The first-order valence-corrected chi connectivity index (χ1v) is 5.64. The first-order chi connectivity index (χ1) is 8.99. The molecular weight excluding hydrogens is 250 g/mol. The first-order valence-electron chi connectivity index (χ1n) is 5.64.